The lowest BCUT2D eigenvalue weighted by molar-refractivity contribution is -0.384. The number of nitro groups is 1. The second-order valence-corrected chi connectivity index (χ2v) is 4.28. The maximum atomic E-state index is 10.6. The minimum absolute atomic E-state index is 0.00842. The summed E-state index contributed by atoms with van der Waals surface area (Å²) < 4.78 is 7.12. The van der Waals surface area contributed by atoms with E-state index in [1.807, 2.05) is 0 Å². The van der Waals surface area contributed by atoms with Crippen molar-refractivity contribution in [3.8, 4) is 11.6 Å². The molecule has 0 aliphatic heterocycles. The van der Waals surface area contributed by atoms with Crippen LogP contribution >= 0.6 is 11.6 Å². The van der Waals surface area contributed by atoms with Crippen LogP contribution in [-0.2, 0) is 0 Å². The molecular formula is C12H7ClN4O3. The van der Waals surface area contributed by atoms with E-state index in [9.17, 15) is 10.1 Å². The highest BCUT2D eigenvalue weighted by Crippen LogP contribution is 2.29. The number of hydrogen-bond donors (Lipinski definition) is 0. The fourth-order valence-corrected chi connectivity index (χ4v) is 1.94. The zero-order valence-electron chi connectivity index (χ0n) is 9.93. The van der Waals surface area contributed by atoms with E-state index in [4.69, 9.17) is 16.3 Å². The second-order valence-electron chi connectivity index (χ2n) is 3.88. The molecule has 0 unspecified atom stereocenters. The quantitative estimate of drug-likeness (QED) is 0.547. The van der Waals surface area contributed by atoms with Crippen molar-refractivity contribution in [2.45, 2.75) is 0 Å². The molecule has 0 atom stereocenters. The summed E-state index contributed by atoms with van der Waals surface area (Å²) >= 11 is 6.04. The van der Waals surface area contributed by atoms with Crippen molar-refractivity contribution < 1.29 is 9.66 Å². The van der Waals surface area contributed by atoms with E-state index in [2.05, 4.69) is 10.1 Å². The minimum Gasteiger partial charge on any atom is -0.437 e. The van der Waals surface area contributed by atoms with Crippen LogP contribution in [0.4, 0.5) is 5.69 Å². The third-order valence-corrected chi connectivity index (χ3v) is 2.94. The van der Waals surface area contributed by atoms with Crippen LogP contribution in [0.2, 0.25) is 5.02 Å². The van der Waals surface area contributed by atoms with Crippen molar-refractivity contribution in [3.05, 3.63) is 58.0 Å². The number of benzene rings is 1. The first-order valence-electron chi connectivity index (χ1n) is 5.55. The highest BCUT2D eigenvalue weighted by Gasteiger charge is 2.11. The Bertz CT molecular complexity index is 785. The first-order chi connectivity index (χ1) is 9.65. The van der Waals surface area contributed by atoms with Crippen LogP contribution in [0.15, 0.2) is 42.9 Å². The predicted molar refractivity (Wildman–Crippen MR) is 71.2 cm³/mol. The summed E-state index contributed by atoms with van der Waals surface area (Å²) in [6, 6.07) is 7.37. The maximum Gasteiger partial charge on any atom is 0.269 e. The van der Waals surface area contributed by atoms with Crippen LogP contribution < -0.4 is 4.74 Å². The molecule has 1 aromatic carbocycles. The number of nitrogens with zero attached hydrogens (tertiary/aromatic N) is 4. The molecule has 2 heterocycles. The van der Waals surface area contributed by atoms with Crippen LogP contribution in [0.3, 0.4) is 0 Å². The molecule has 0 spiro atoms. The number of hydrogen-bond acceptors (Lipinski definition) is 5. The Morgan fingerprint density at radius 1 is 1.25 bits per heavy atom. The van der Waals surface area contributed by atoms with Gasteiger partial charge >= 0.3 is 0 Å². The number of non-ortho nitro benzene ring substituents is 1. The highest BCUT2D eigenvalue weighted by molar-refractivity contribution is 6.34. The van der Waals surface area contributed by atoms with Gasteiger partial charge in [-0.2, -0.15) is 10.1 Å². The molecule has 0 N–H and O–H groups in total. The minimum atomic E-state index is -0.476. The van der Waals surface area contributed by atoms with Gasteiger partial charge in [-0.25, -0.2) is 4.52 Å². The first-order valence-corrected chi connectivity index (χ1v) is 5.93. The molecule has 100 valence electrons. The second kappa shape index (κ2) is 4.78. The standard InChI is InChI=1S/C12H7ClN4O3/c13-10-5-6-16-11(10)12(14-7-15-16)20-9-3-1-8(2-4-9)17(18)19/h1-7H. The van der Waals surface area contributed by atoms with Gasteiger partial charge in [-0.1, -0.05) is 11.6 Å². The van der Waals surface area contributed by atoms with Gasteiger partial charge in [0.15, 0.2) is 0 Å². The molecule has 3 aromatic rings. The maximum absolute atomic E-state index is 10.6. The van der Waals surface area contributed by atoms with Crippen molar-refractivity contribution in [1.82, 2.24) is 14.6 Å². The fourth-order valence-electron chi connectivity index (χ4n) is 1.71. The van der Waals surface area contributed by atoms with Gasteiger partial charge in [0.1, 0.15) is 17.6 Å². The van der Waals surface area contributed by atoms with E-state index in [1.165, 1.54) is 35.1 Å². The molecule has 7 nitrogen and oxygen atoms in total. The number of ether oxygens (including phenoxy) is 1. The Balaban J connectivity index is 1.96. The van der Waals surface area contributed by atoms with Crippen LogP contribution in [0, 0.1) is 10.1 Å². The molecule has 0 saturated heterocycles. The van der Waals surface area contributed by atoms with Crippen molar-refractivity contribution in [2.24, 2.45) is 0 Å². The Morgan fingerprint density at radius 3 is 2.70 bits per heavy atom. The normalized spacial score (nSPS) is 10.7. The van der Waals surface area contributed by atoms with E-state index in [1.54, 1.807) is 12.3 Å². The third-order valence-electron chi connectivity index (χ3n) is 2.63. The van der Waals surface area contributed by atoms with Crippen LogP contribution in [0.5, 0.6) is 11.6 Å². The van der Waals surface area contributed by atoms with Gasteiger partial charge in [-0.15, -0.1) is 0 Å². The van der Waals surface area contributed by atoms with Crippen molar-refractivity contribution in [3.63, 3.8) is 0 Å². The molecule has 0 amide bonds. The van der Waals surface area contributed by atoms with E-state index < -0.39 is 4.92 Å². The number of halogens is 1. The number of aromatic nitrogens is 3. The Kier molecular flexibility index (Phi) is 2.96. The van der Waals surface area contributed by atoms with E-state index in [0.29, 0.717) is 16.3 Å². The summed E-state index contributed by atoms with van der Waals surface area (Å²) in [6.07, 6.45) is 3.02. The molecule has 0 radical (unpaired) electrons. The summed E-state index contributed by atoms with van der Waals surface area (Å²) in [5.41, 5.74) is 0.526. The lowest BCUT2D eigenvalue weighted by atomic mass is 10.3. The summed E-state index contributed by atoms with van der Waals surface area (Å²) in [4.78, 5) is 14.1. The molecule has 8 heteroatoms. The summed E-state index contributed by atoms with van der Waals surface area (Å²) in [6.45, 7) is 0. The van der Waals surface area contributed by atoms with Gasteiger partial charge in [0.05, 0.1) is 9.95 Å². The summed E-state index contributed by atoms with van der Waals surface area (Å²) in [5.74, 6) is 0.706. The molecular weight excluding hydrogens is 284 g/mol. The lowest BCUT2D eigenvalue weighted by Crippen LogP contribution is -1.96. The van der Waals surface area contributed by atoms with Crippen molar-refractivity contribution in [2.75, 3.05) is 0 Å². The number of rotatable bonds is 3. The Hall–Kier alpha value is -2.67. The highest BCUT2D eigenvalue weighted by atomic mass is 35.5. The van der Waals surface area contributed by atoms with Gasteiger partial charge in [0.25, 0.3) is 5.69 Å². The Morgan fingerprint density at radius 2 is 2.00 bits per heavy atom. The molecule has 0 aliphatic carbocycles. The van der Waals surface area contributed by atoms with Gasteiger partial charge in [-0.3, -0.25) is 10.1 Å². The van der Waals surface area contributed by atoms with Gasteiger partial charge in [0, 0.05) is 18.3 Å². The molecule has 2 aromatic heterocycles. The molecule has 0 fully saturated rings. The van der Waals surface area contributed by atoms with Crippen LogP contribution in [-0.4, -0.2) is 19.5 Å². The predicted octanol–water partition coefficient (Wildman–Crippen LogP) is 3.08. The summed E-state index contributed by atoms with van der Waals surface area (Å²) in [5, 5.41) is 15.0. The smallest absolute Gasteiger partial charge is 0.269 e. The van der Waals surface area contributed by atoms with E-state index in [-0.39, 0.29) is 11.6 Å². The van der Waals surface area contributed by atoms with Crippen molar-refractivity contribution >= 4 is 22.8 Å². The van der Waals surface area contributed by atoms with Gasteiger partial charge in [0.2, 0.25) is 5.88 Å². The zero-order chi connectivity index (χ0) is 14.1. The number of nitro benzene ring substituents is 1. The number of fused-ring (bicyclic) bond motifs is 1. The SMILES string of the molecule is O=[N+]([O-])c1ccc(Oc2ncnn3ccc(Cl)c23)cc1. The molecule has 0 aliphatic rings. The first kappa shape index (κ1) is 12.4. The topological polar surface area (TPSA) is 82.6 Å². The fraction of sp³-hybridized carbons (Fsp3) is 0. The molecule has 0 bridgehead atoms. The molecule has 0 saturated carbocycles. The van der Waals surface area contributed by atoms with E-state index >= 15 is 0 Å². The monoisotopic (exact) mass is 290 g/mol. The largest absolute Gasteiger partial charge is 0.437 e. The third kappa shape index (κ3) is 2.14. The van der Waals surface area contributed by atoms with Crippen LogP contribution in [0.1, 0.15) is 0 Å². The average Bonchev–Trinajstić information content (AvgIpc) is 2.82. The summed E-state index contributed by atoms with van der Waals surface area (Å²) in [7, 11) is 0. The van der Waals surface area contributed by atoms with Crippen molar-refractivity contribution in [1.29, 1.82) is 0 Å². The zero-order valence-corrected chi connectivity index (χ0v) is 10.7. The lowest BCUT2D eigenvalue weighted by Gasteiger charge is -2.06. The van der Waals surface area contributed by atoms with Gasteiger partial charge in [-0.05, 0) is 18.2 Å². The van der Waals surface area contributed by atoms with Crippen LogP contribution in [0.25, 0.3) is 5.52 Å². The molecule has 20 heavy (non-hydrogen) atoms. The molecule has 3 rings (SSSR count). The van der Waals surface area contributed by atoms with Gasteiger partial charge < -0.3 is 4.74 Å². The Labute approximate surface area is 117 Å². The van der Waals surface area contributed by atoms with E-state index in [0.717, 1.165) is 0 Å². The average molecular weight is 291 g/mol.